The number of rotatable bonds is 4. The van der Waals surface area contributed by atoms with Gasteiger partial charge in [0, 0.05) is 56.5 Å². The fourth-order valence-corrected chi connectivity index (χ4v) is 4.44. The number of halogens is 2. The molecule has 2 N–H and O–H groups in total. The lowest BCUT2D eigenvalue weighted by atomic mass is 9.97. The number of hydrogen-bond acceptors (Lipinski definition) is 5. The Bertz CT molecular complexity index is 1200. The van der Waals surface area contributed by atoms with Crippen LogP contribution in [0.3, 0.4) is 0 Å². The van der Waals surface area contributed by atoms with E-state index in [1.165, 1.54) is 12.1 Å². The van der Waals surface area contributed by atoms with Gasteiger partial charge < -0.3 is 20.2 Å². The topological polar surface area (TPSA) is 68.7 Å². The van der Waals surface area contributed by atoms with Crippen LogP contribution >= 0.6 is 11.6 Å². The fraction of sp³-hybridized carbons (Fsp3) is 0.250. The first-order valence-electron chi connectivity index (χ1n) is 10.6. The second-order valence-corrected chi connectivity index (χ2v) is 8.36. The summed E-state index contributed by atoms with van der Waals surface area (Å²) in [7, 11) is 0. The van der Waals surface area contributed by atoms with Crippen LogP contribution < -0.4 is 15.1 Å². The molecule has 0 unspecified atom stereocenters. The number of phenols is 1. The number of nitrogens with zero attached hydrogens (tertiary/aromatic N) is 3. The summed E-state index contributed by atoms with van der Waals surface area (Å²) in [6, 6.07) is 11.4. The molecule has 2 aliphatic rings. The first-order valence-corrected chi connectivity index (χ1v) is 10.9. The second kappa shape index (κ2) is 8.41. The molecule has 0 spiro atoms. The highest BCUT2D eigenvalue weighted by Crippen LogP contribution is 2.42. The Kier molecular flexibility index (Phi) is 5.45. The van der Waals surface area contributed by atoms with E-state index in [1.807, 2.05) is 6.07 Å². The number of hydrogen-bond donors (Lipinski definition) is 2. The predicted octanol–water partition coefficient (Wildman–Crippen LogP) is 4.06. The zero-order valence-electron chi connectivity index (χ0n) is 17.3. The number of pyridine rings is 1. The van der Waals surface area contributed by atoms with E-state index in [2.05, 4.69) is 15.2 Å². The van der Waals surface area contributed by atoms with Crippen molar-refractivity contribution in [2.24, 2.45) is 0 Å². The van der Waals surface area contributed by atoms with E-state index in [9.17, 15) is 14.3 Å². The molecule has 0 bridgehead atoms. The third-order valence-corrected chi connectivity index (χ3v) is 6.27. The number of aromatic nitrogens is 1. The third kappa shape index (κ3) is 3.78. The van der Waals surface area contributed by atoms with Crippen LogP contribution in [0.15, 0.2) is 48.7 Å². The summed E-state index contributed by atoms with van der Waals surface area (Å²) in [5, 5.41) is 14.8. The number of piperazine rings is 1. The van der Waals surface area contributed by atoms with Crippen LogP contribution in [0, 0.1) is 5.82 Å². The molecule has 1 aromatic heterocycles. The van der Waals surface area contributed by atoms with Gasteiger partial charge in [-0.15, -0.1) is 0 Å². The number of carbonyl (C=O) groups is 1. The van der Waals surface area contributed by atoms with Crippen molar-refractivity contribution in [2.75, 3.05) is 42.5 Å². The van der Waals surface area contributed by atoms with Gasteiger partial charge in [0.15, 0.2) is 0 Å². The smallest absolute Gasteiger partial charge is 0.228 e. The number of aromatic hydroxyl groups is 1. The molecule has 6 nitrogen and oxygen atoms in total. The van der Waals surface area contributed by atoms with Crippen molar-refractivity contribution in [1.29, 1.82) is 0 Å². The van der Waals surface area contributed by atoms with Crippen LogP contribution in [0.25, 0.3) is 22.3 Å². The van der Waals surface area contributed by atoms with Gasteiger partial charge in [-0.2, -0.15) is 0 Å². The molecule has 164 valence electrons. The minimum absolute atomic E-state index is 0.0218. The first kappa shape index (κ1) is 20.7. The maximum Gasteiger partial charge on any atom is 0.228 e. The molecule has 0 saturated carbocycles. The maximum atomic E-state index is 14.6. The molecule has 5 rings (SSSR count). The Morgan fingerprint density at radius 2 is 1.72 bits per heavy atom. The first-order chi connectivity index (χ1) is 15.5. The Hall–Kier alpha value is -3.16. The monoisotopic (exact) mass is 452 g/mol. The molecule has 3 heterocycles. The van der Waals surface area contributed by atoms with Gasteiger partial charge in [-0.05, 0) is 47.5 Å². The van der Waals surface area contributed by atoms with Crippen molar-refractivity contribution in [3.8, 4) is 28.0 Å². The Balaban J connectivity index is 1.52. The molecule has 0 radical (unpaired) electrons. The molecular formula is C24H22ClFN4O2. The SMILES string of the molecule is O=C1CCN1c1ccc(-c2cc(F)cc(-c3ccnc(N4CCNCC4)c3)c2O)cc1Cl. The molecule has 8 heteroatoms. The van der Waals surface area contributed by atoms with Crippen LogP contribution in [0.1, 0.15) is 6.42 Å². The van der Waals surface area contributed by atoms with Crippen molar-refractivity contribution < 1.29 is 14.3 Å². The minimum Gasteiger partial charge on any atom is -0.507 e. The van der Waals surface area contributed by atoms with Gasteiger partial charge in [-0.25, -0.2) is 9.37 Å². The average molecular weight is 453 g/mol. The van der Waals surface area contributed by atoms with Gasteiger partial charge in [0.2, 0.25) is 5.91 Å². The van der Waals surface area contributed by atoms with E-state index in [4.69, 9.17) is 11.6 Å². The summed E-state index contributed by atoms with van der Waals surface area (Å²) in [4.78, 5) is 20.0. The van der Waals surface area contributed by atoms with Gasteiger partial charge >= 0.3 is 0 Å². The summed E-state index contributed by atoms with van der Waals surface area (Å²) < 4.78 is 14.6. The van der Waals surface area contributed by atoms with E-state index < -0.39 is 5.82 Å². The van der Waals surface area contributed by atoms with Gasteiger partial charge in [-0.1, -0.05) is 17.7 Å². The molecule has 32 heavy (non-hydrogen) atoms. The van der Waals surface area contributed by atoms with Gasteiger partial charge in [0.05, 0.1) is 10.7 Å². The Morgan fingerprint density at radius 1 is 1.00 bits per heavy atom. The summed E-state index contributed by atoms with van der Waals surface area (Å²) in [6.45, 7) is 4.05. The number of anilines is 2. The fourth-order valence-electron chi connectivity index (χ4n) is 4.16. The number of benzene rings is 2. The quantitative estimate of drug-likeness (QED) is 0.584. The average Bonchev–Trinajstić information content (AvgIpc) is 2.81. The molecule has 1 amide bonds. The van der Waals surface area contributed by atoms with Gasteiger partial charge in [0.1, 0.15) is 17.4 Å². The molecule has 2 fully saturated rings. The molecule has 2 aliphatic heterocycles. The zero-order valence-corrected chi connectivity index (χ0v) is 18.1. The van der Waals surface area contributed by atoms with E-state index >= 15 is 0 Å². The maximum absolute atomic E-state index is 14.6. The van der Waals surface area contributed by atoms with Crippen molar-refractivity contribution in [3.05, 3.63) is 59.5 Å². The standard InChI is InChI=1S/C24H22ClFN4O2/c25-20-11-15(1-2-21(20)30-8-4-23(30)31)18-13-17(26)14-19(24(18)32)16-3-5-28-22(12-16)29-9-6-27-7-10-29/h1-3,5,11-14,27,32H,4,6-10H2. The van der Waals surface area contributed by atoms with E-state index in [0.717, 1.165) is 32.0 Å². The van der Waals surface area contributed by atoms with E-state index in [-0.39, 0.29) is 11.7 Å². The van der Waals surface area contributed by atoms with E-state index in [0.29, 0.717) is 45.9 Å². The van der Waals surface area contributed by atoms with Crippen LogP contribution in [0.2, 0.25) is 5.02 Å². The van der Waals surface area contributed by atoms with Crippen LogP contribution in [-0.2, 0) is 4.79 Å². The summed E-state index contributed by atoms with van der Waals surface area (Å²) in [6.07, 6.45) is 2.18. The molecule has 0 aliphatic carbocycles. The lowest BCUT2D eigenvalue weighted by molar-refractivity contribution is -0.122. The number of amides is 1. The van der Waals surface area contributed by atoms with Crippen molar-refractivity contribution in [1.82, 2.24) is 10.3 Å². The highest BCUT2D eigenvalue weighted by molar-refractivity contribution is 6.34. The third-order valence-electron chi connectivity index (χ3n) is 5.97. The number of nitrogens with one attached hydrogen (secondary N) is 1. The van der Waals surface area contributed by atoms with Crippen LogP contribution in [0.5, 0.6) is 5.75 Å². The van der Waals surface area contributed by atoms with Crippen molar-refractivity contribution >= 4 is 29.0 Å². The molecule has 3 aromatic rings. The normalized spacial score (nSPS) is 16.2. The Labute approximate surface area is 190 Å². The van der Waals surface area contributed by atoms with Crippen LogP contribution in [-0.4, -0.2) is 48.7 Å². The van der Waals surface area contributed by atoms with E-state index in [1.54, 1.807) is 35.4 Å². The minimum atomic E-state index is -0.466. The van der Waals surface area contributed by atoms with Crippen molar-refractivity contribution in [3.63, 3.8) is 0 Å². The summed E-state index contributed by atoms with van der Waals surface area (Å²) in [5.74, 6) is 0.313. The van der Waals surface area contributed by atoms with Crippen molar-refractivity contribution in [2.45, 2.75) is 6.42 Å². The second-order valence-electron chi connectivity index (χ2n) is 7.95. The van der Waals surface area contributed by atoms with Gasteiger partial charge in [-0.3, -0.25) is 4.79 Å². The molecule has 2 saturated heterocycles. The molecule has 2 aromatic carbocycles. The molecule has 0 atom stereocenters. The molecular weight excluding hydrogens is 431 g/mol. The van der Waals surface area contributed by atoms with Gasteiger partial charge in [0.25, 0.3) is 0 Å². The summed E-state index contributed by atoms with van der Waals surface area (Å²) in [5.41, 5.74) is 2.60. The summed E-state index contributed by atoms with van der Waals surface area (Å²) >= 11 is 6.42. The lowest BCUT2D eigenvalue weighted by Crippen LogP contribution is -2.43. The Morgan fingerprint density at radius 3 is 2.34 bits per heavy atom. The lowest BCUT2D eigenvalue weighted by Gasteiger charge is -2.31. The highest BCUT2D eigenvalue weighted by atomic mass is 35.5. The number of phenolic OH excluding ortho intramolecular Hbond substituents is 1. The highest BCUT2D eigenvalue weighted by Gasteiger charge is 2.27. The largest absolute Gasteiger partial charge is 0.507 e. The predicted molar refractivity (Wildman–Crippen MR) is 124 cm³/mol. The number of carbonyl (C=O) groups excluding carboxylic acids is 1. The zero-order chi connectivity index (χ0) is 22.2. The van der Waals surface area contributed by atoms with Crippen LogP contribution in [0.4, 0.5) is 15.9 Å². The number of β-lactam (4-membered cyclic amide) rings is 1.